The van der Waals surface area contributed by atoms with Crippen LogP contribution in [-0.4, -0.2) is 18.1 Å². The molecule has 0 aliphatic carbocycles. The average Bonchev–Trinajstić information content (AvgIpc) is 2.14. The molecule has 4 heteroatoms. The summed E-state index contributed by atoms with van der Waals surface area (Å²) < 4.78 is 0. The van der Waals surface area contributed by atoms with Crippen LogP contribution in [0.1, 0.15) is 0 Å². The minimum Gasteiger partial charge on any atom is -0.180 e. The van der Waals surface area contributed by atoms with Crippen LogP contribution in [0.5, 0.6) is 0 Å². The predicted molar refractivity (Wildman–Crippen MR) is 22.0 cm³/mol. The molecule has 1 rings (SSSR count). The Morgan fingerprint density at radius 3 is 2.86 bits per heavy atom. The quantitative estimate of drug-likeness (QED) is 0.403. The van der Waals surface area contributed by atoms with Gasteiger partial charge in [-0.2, -0.15) is 15.4 Å². The summed E-state index contributed by atoms with van der Waals surface area (Å²) in [5, 5.41) is 16.4. The highest BCUT2D eigenvalue weighted by Gasteiger charge is 2.02. The second-order valence-electron chi connectivity index (χ2n) is 1.18. The second-order valence-corrected chi connectivity index (χ2v) is 1.18. The number of hydrogen-bond donors (Lipinski definition) is 0. The van der Waals surface area contributed by atoms with Gasteiger partial charge in [-0.25, -0.2) is 0 Å². The minimum atomic E-state index is 0.649. The Hall–Kier alpha value is -1.11. The van der Waals surface area contributed by atoms with E-state index in [0.717, 1.165) is 0 Å². The van der Waals surface area contributed by atoms with Crippen molar-refractivity contribution >= 4 is 0 Å². The van der Waals surface area contributed by atoms with Crippen molar-refractivity contribution in [3.63, 3.8) is 0 Å². The number of nitriles is 1. The van der Waals surface area contributed by atoms with E-state index >= 15 is 0 Å². The molecule has 0 atom stereocenters. The summed E-state index contributed by atoms with van der Waals surface area (Å²) in [5.41, 5.74) is 0. The molecule has 7 heavy (non-hydrogen) atoms. The van der Waals surface area contributed by atoms with Crippen molar-refractivity contribution in [1.29, 1.82) is 5.26 Å². The lowest BCUT2D eigenvalue weighted by Crippen LogP contribution is -2.06. The Morgan fingerprint density at radius 1 is 1.71 bits per heavy atom. The molecular weight excluding hydrogens is 92.1 g/mol. The summed E-state index contributed by atoms with van der Waals surface area (Å²) in [6.45, 7) is 1.31. The summed E-state index contributed by atoms with van der Waals surface area (Å²) in [6, 6.07) is 0. The van der Waals surface area contributed by atoms with E-state index in [-0.39, 0.29) is 0 Å². The molecule has 0 amide bonds. The monoisotopic (exact) mass is 96.0 g/mol. The van der Waals surface area contributed by atoms with Crippen molar-refractivity contribution in [2.45, 2.75) is 0 Å². The first-order valence-corrected chi connectivity index (χ1v) is 1.98. The smallest absolute Gasteiger partial charge is 0.180 e. The molecule has 0 N–H and O–H groups in total. The zero-order valence-electron chi connectivity index (χ0n) is 3.70. The fourth-order valence-corrected chi connectivity index (χ4v) is 0.375. The lowest BCUT2D eigenvalue weighted by Gasteiger charge is -1.91. The fourth-order valence-electron chi connectivity index (χ4n) is 0.375. The highest BCUT2D eigenvalue weighted by Crippen LogP contribution is 1.94. The van der Waals surface area contributed by atoms with E-state index in [1.54, 1.807) is 0 Å². The topological polar surface area (TPSA) is 51.8 Å². The van der Waals surface area contributed by atoms with E-state index in [4.69, 9.17) is 5.26 Å². The maximum absolute atomic E-state index is 8.09. The Morgan fingerprint density at radius 2 is 2.57 bits per heavy atom. The van der Waals surface area contributed by atoms with E-state index < -0.39 is 0 Å². The van der Waals surface area contributed by atoms with Crippen LogP contribution in [0, 0.1) is 11.5 Å². The van der Waals surface area contributed by atoms with Gasteiger partial charge in [-0.1, -0.05) is 5.22 Å². The number of hydrogen-bond acceptors (Lipinski definition) is 4. The molecule has 0 bridgehead atoms. The van der Waals surface area contributed by atoms with Crippen LogP contribution in [0.4, 0.5) is 0 Å². The van der Waals surface area contributed by atoms with Crippen molar-refractivity contribution in [2.24, 2.45) is 10.3 Å². The summed E-state index contributed by atoms with van der Waals surface area (Å²) in [4.78, 5) is 0. The van der Waals surface area contributed by atoms with Crippen molar-refractivity contribution in [1.82, 2.24) is 5.01 Å². The first-order valence-electron chi connectivity index (χ1n) is 1.98. The number of nitrogens with zero attached hydrogens (tertiary/aromatic N) is 4. The van der Waals surface area contributed by atoms with Crippen LogP contribution in [0.2, 0.25) is 0 Å². The first-order chi connectivity index (χ1) is 3.43. The molecule has 1 aliphatic heterocycles. The molecule has 0 aromatic carbocycles. The normalized spacial score (nSPS) is 17.3. The van der Waals surface area contributed by atoms with Gasteiger partial charge in [-0.15, -0.1) is 0 Å². The first kappa shape index (κ1) is 4.06. The standard InChI is InChI=1S/C3H4N4/c4-3-7-2-1-5-6-7/h1-2H2. The Kier molecular flexibility index (Phi) is 0.904. The van der Waals surface area contributed by atoms with Gasteiger partial charge in [0.2, 0.25) is 6.19 Å². The molecule has 4 nitrogen and oxygen atoms in total. The molecule has 36 valence electrons. The van der Waals surface area contributed by atoms with Gasteiger partial charge in [0.15, 0.2) is 0 Å². The highest BCUT2D eigenvalue weighted by atomic mass is 15.6. The highest BCUT2D eigenvalue weighted by molar-refractivity contribution is 4.71. The molecule has 0 saturated carbocycles. The molecule has 0 unspecified atom stereocenters. The maximum Gasteiger partial charge on any atom is 0.203 e. The maximum atomic E-state index is 8.09. The zero-order chi connectivity index (χ0) is 5.11. The Balaban J connectivity index is 2.47. The zero-order valence-corrected chi connectivity index (χ0v) is 3.70. The van der Waals surface area contributed by atoms with E-state index in [1.165, 1.54) is 5.01 Å². The lowest BCUT2D eigenvalue weighted by molar-refractivity contribution is 0.463. The van der Waals surface area contributed by atoms with Crippen LogP contribution in [0.25, 0.3) is 0 Å². The van der Waals surface area contributed by atoms with E-state index in [1.807, 2.05) is 6.19 Å². The van der Waals surface area contributed by atoms with Gasteiger partial charge >= 0.3 is 0 Å². The van der Waals surface area contributed by atoms with Crippen molar-refractivity contribution < 1.29 is 0 Å². The van der Waals surface area contributed by atoms with Crippen LogP contribution in [-0.2, 0) is 0 Å². The third-order valence-corrected chi connectivity index (χ3v) is 0.698. The van der Waals surface area contributed by atoms with Gasteiger partial charge in [0, 0.05) is 0 Å². The van der Waals surface area contributed by atoms with Gasteiger partial charge in [-0.3, -0.25) is 0 Å². The third kappa shape index (κ3) is 0.656. The van der Waals surface area contributed by atoms with E-state index in [0.29, 0.717) is 13.1 Å². The summed E-state index contributed by atoms with van der Waals surface area (Å²) in [6.07, 6.45) is 1.84. The fraction of sp³-hybridized carbons (Fsp3) is 0.667. The molecule has 0 fully saturated rings. The largest absolute Gasteiger partial charge is 0.203 e. The van der Waals surface area contributed by atoms with Crippen LogP contribution in [0.15, 0.2) is 10.3 Å². The van der Waals surface area contributed by atoms with Crippen molar-refractivity contribution in [2.75, 3.05) is 13.1 Å². The average molecular weight is 96.1 g/mol. The minimum absolute atomic E-state index is 0.649. The van der Waals surface area contributed by atoms with Crippen LogP contribution in [0.3, 0.4) is 0 Å². The van der Waals surface area contributed by atoms with Crippen molar-refractivity contribution in [3.8, 4) is 6.19 Å². The molecule has 0 aromatic heterocycles. The molecular formula is C3H4N4. The van der Waals surface area contributed by atoms with Crippen LogP contribution < -0.4 is 0 Å². The molecule has 0 radical (unpaired) electrons. The SMILES string of the molecule is N#CN1CCN=N1. The lowest BCUT2D eigenvalue weighted by atomic mass is 10.7. The van der Waals surface area contributed by atoms with Crippen LogP contribution >= 0.6 is 0 Å². The number of rotatable bonds is 0. The second kappa shape index (κ2) is 1.56. The van der Waals surface area contributed by atoms with Gasteiger partial charge in [0.05, 0.1) is 13.1 Å². The molecule has 0 saturated heterocycles. The molecule has 1 aliphatic rings. The summed E-state index contributed by atoms with van der Waals surface area (Å²) in [5.74, 6) is 0. The molecule has 0 spiro atoms. The van der Waals surface area contributed by atoms with E-state index in [2.05, 4.69) is 10.3 Å². The Bertz CT molecular complexity index is 121. The summed E-state index contributed by atoms with van der Waals surface area (Å²) >= 11 is 0. The Labute approximate surface area is 41.0 Å². The van der Waals surface area contributed by atoms with Crippen molar-refractivity contribution in [3.05, 3.63) is 0 Å². The van der Waals surface area contributed by atoms with Gasteiger partial charge in [-0.05, 0) is 0 Å². The molecule has 0 aromatic rings. The van der Waals surface area contributed by atoms with Gasteiger partial charge in [0.1, 0.15) is 0 Å². The predicted octanol–water partition coefficient (Wildman–Crippen LogP) is 0.150. The van der Waals surface area contributed by atoms with E-state index in [9.17, 15) is 0 Å². The van der Waals surface area contributed by atoms with Gasteiger partial charge in [0.25, 0.3) is 0 Å². The van der Waals surface area contributed by atoms with Gasteiger partial charge < -0.3 is 0 Å². The third-order valence-electron chi connectivity index (χ3n) is 0.698. The summed E-state index contributed by atoms with van der Waals surface area (Å²) in [7, 11) is 0. The molecule has 1 heterocycles.